The molecule has 0 heterocycles. The van der Waals surface area contributed by atoms with Crippen molar-refractivity contribution in [1.29, 1.82) is 0 Å². The lowest BCUT2D eigenvalue weighted by molar-refractivity contribution is 0.151. The first-order chi connectivity index (χ1) is 8.66. The van der Waals surface area contributed by atoms with Crippen LogP contribution in [0.5, 0.6) is 0 Å². The van der Waals surface area contributed by atoms with Gasteiger partial charge >= 0.3 is 0 Å². The number of hydrogen-bond acceptors (Lipinski definition) is 1. The minimum atomic E-state index is -0.302. The smallest absolute Gasteiger partial charge is 0.0790 e. The molecule has 0 saturated heterocycles. The molecule has 1 aromatic carbocycles. The number of rotatable bonds is 4. The van der Waals surface area contributed by atoms with Crippen LogP contribution in [0.4, 0.5) is 0 Å². The number of aliphatic hydroxyl groups excluding tert-OH is 1. The Balaban J connectivity index is 1.86. The first-order valence-corrected chi connectivity index (χ1v) is 7.90. The molecule has 0 bridgehead atoms. The largest absolute Gasteiger partial charge is 0.388 e. The summed E-state index contributed by atoms with van der Waals surface area (Å²) in [4.78, 5) is 0. The summed E-state index contributed by atoms with van der Waals surface area (Å²) < 4.78 is 1.09. The van der Waals surface area contributed by atoms with Crippen molar-refractivity contribution < 1.29 is 5.11 Å². The maximum Gasteiger partial charge on any atom is 0.0790 e. The highest BCUT2D eigenvalue weighted by atomic mass is 79.9. The van der Waals surface area contributed by atoms with E-state index in [1.165, 1.54) is 44.1 Å². The molecule has 2 heteroatoms. The first kappa shape index (κ1) is 14.1. The van der Waals surface area contributed by atoms with E-state index >= 15 is 0 Å². The van der Waals surface area contributed by atoms with Crippen molar-refractivity contribution >= 4 is 15.9 Å². The van der Waals surface area contributed by atoms with Crippen molar-refractivity contribution in [2.45, 2.75) is 58.0 Å². The van der Waals surface area contributed by atoms with E-state index in [0.717, 1.165) is 22.4 Å². The van der Waals surface area contributed by atoms with Crippen LogP contribution < -0.4 is 0 Å². The molecule has 100 valence electrons. The molecule has 1 nitrogen and oxygen atoms in total. The van der Waals surface area contributed by atoms with Crippen LogP contribution in [0.3, 0.4) is 0 Å². The zero-order valence-electron chi connectivity index (χ0n) is 11.2. The Hall–Kier alpha value is -0.340. The Morgan fingerprint density at radius 3 is 2.67 bits per heavy atom. The van der Waals surface area contributed by atoms with Crippen LogP contribution in [-0.2, 0) is 0 Å². The molecule has 1 aromatic rings. The molecule has 1 N–H and O–H groups in total. The quantitative estimate of drug-likeness (QED) is 0.815. The Kier molecular flexibility index (Phi) is 5.25. The normalized spacial score (nSPS) is 18.8. The van der Waals surface area contributed by atoms with E-state index in [1.807, 2.05) is 6.07 Å². The van der Waals surface area contributed by atoms with E-state index in [2.05, 4.69) is 35.0 Å². The van der Waals surface area contributed by atoms with E-state index in [0.29, 0.717) is 0 Å². The molecule has 0 spiro atoms. The van der Waals surface area contributed by atoms with E-state index < -0.39 is 0 Å². The third-order valence-corrected chi connectivity index (χ3v) is 5.01. The highest BCUT2D eigenvalue weighted by Gasteiger charge is 2.16. The predicted molar refractivity (Wildman–Crippen MR) is 79.6 cm³/mol. The molecule has 2 rings (SSSR count). The summed E-state index contributed by atoms with van der Waals surface area (Å²) in [6.45, 7) is 2.07. The zero-order valence-corrected chi connectivity index (χ0v) is 12.7. The van der Waals surface area contributed by atoms with Crippen molar-refractivity contribution in [3.8, 4) is 0 Å². The molecule has 1 aliphatic rings. The van der Waals surface area contributed by atoms with Crippen LogP contribution in [0.15, 0.2) is 22.7 Å². The zero-order chi connectivity index (χ0) is 13.0. The molecule has 0 aliphatic heterocycles. The summed E-state index contributed by atoms with van der Waals surface area (Å²) in [5, 5.41) is 10.2. The van der Waals surface area contributed by atoms with Crippen molar-refractivity contribution in [2.24, 2.45) is 5.92 Å². The third kappa shape index (κ3) is 3.83. The van der Waals surface area contributed by atoms with Gasteiger partial charge < -0.3 is 5.11 Å². The van der Waals surface area contributed by atoms with Gasteiger partial charge in [0.1, 0.15) is 0 Å². The predicted octanol–water partition coefficient (Wildman–Crippen LogP) is 5.15. The maximum absolute atomic E-state index is 10.2. The van der Waals surface area contributed by atoms with E-state index in [9.17, 15) is 5.11 Å². The Bertz CT molecular complexity index is 383. The van der Waals surface area contributed by atoms with Crippen LogP contribution in [-0.4, -0.2) is 5.11 Å². The summed E-state index contributed by atoms with van der Waals surface area (Å²) in [6, 6.07) is 6.18. The average Bonchev–Trinajstić information content (AvgIpc) is 2.40. The van der Waals surface area contributed by atoms with Gasteiger partial charge in [0.15, 0.2) is 0 Å². The van der Waals surface area contributed by atoms with E-state index in [4.69, 9.17) is 0 Å². The Morgan fingerprint density at radius 2 is 2.00 bits per heavy atom. The Morgan fingerprint density at radius 1 is 1.28 bits per heavy atom. The molecule has 1 saturated carbocycles. The molecule has 1 fully saturated rings. The molecule has 1 aliphatic carbocycles. The summed E-state index contributed by atoms with van der Waals surface area (Å²) in [5.74, 6) is 0.849. The average molecular weight is 311 g/mol. The summed E-state index contributed by atoms with van der Waals surface area (Å²) in [5.41, 5.74) is 2.27. The fourth-order valence-electron chi connectivity index (χ4n) is 2.85. The molecular formula is C16H23BrO. The lowest BCUT2D eigenvalue weighted by Crippen LogP contribution is -2.08. The van der Waals surface area contributed by atoms with E-state index in [-0.39, 0.29) is 6.10 Å². The van der Waals surface area contributed by atoms with Crippen molar-refractivity contribution in [3.63, 3.8) is 0 Å². The van der Waals surface area contributed by atoms with Crippen LogP contribution in [0.25, 0.3) is 0 Å². The van der Waals surface area contributed by atoms with E-state index in [1.54, 1.807) is 0 Å². The van der Waals surface area contributed by atoms with Gasteiger partial charge in [0, 0.05) is 4.47 Å². The first-order valence-electron chi connectivity index (χ1n) is 7.11. The molecule has 18 heavy (non-hydrogen) atoms. The highest BCUT2D eigenvalue weighted by molar-refractivity contribution is 9.10. The number of halogens is 1. The van der Waals surface area contributed by atoms with Gasteiger partial charge in [0.2, 0.25) is 0 Å². The minimum absolute atomic E-state index is 0.302. The fourth-order valence-corrected chi connectivity index (χ4v) is 3.25. The van der Waals surface area contributed by atoms with Crippen LogP contribution in [0.1, 0.15) is 62.2 Å². The molecule has 0 amide bonds. The van der Waals surface area contributed by atoms with Gasteiger partial charge in [-0.15, -0.1) is 0 Å². The number of aliphatic hydroxyl groups is 1. The van der Waals surface area contributed by atoms with Crippen LogP contribution in [0, 0.1) is 12.8 Å². The van der Waals surface area contributed by atoms with Gasteiger partial charge in [0.05, 0.1) is 6.10 Å². The van der Waals surface area contributed by atoms with Crippen molar-refractivity contribution in [1.82, 2.24) is 0 Å². The van der Waals surface area contributed by atoms with Crippen LogP contribution in [0.2, 0.25) is 0 Å². The summed E-state index contributed by atoms with van der Waals surface area (Å²) in [7, 11) is 0. The maximum atomic E-state index is 10.2. The highest BCUT2D eigenvalue weighted by Crippen LogP contribution is 2.31. The van der Waals surface area contributed by atoms with Gasteiger partial charge in [-0.25, -0.2) is 0 Å². The number of aryl methyl sites for hydroxylation is 1. The SMILES string of the molecule is Cc1ccc(C(O)CCC2CCCCC2)cc1Br. The summed E-state index contributed by atoms with van der Waals surface area (Å²) >= 11 is 3.53. The number of benzene rings is 1. The second-order valence-corrected chi connectivity index (χ2v) is 6.46. The van der Waals surface area contributed by atoms with Gasteiger partial charge in [-0.05, 0) is 42.9 Å². The van der Waals surface area contributed by atoms with Gasteiger partial charge in [-0.2, -0.15) is 0 Å². The lowest BCUT2D eigenvalue weighted by Gasteiger charge is -2.22. The second kappa shape index (κ2) is 6.72. The van der Waals surface area contributed by atoms with Crippen molar-refractivity contribution in [3.05, 3.63) is 33.8 Å². The van der Waals surface area contributed by atoms with Gasteiger partial charge in [-0.3, -0.25) is 0 Å². The fraction of sp³-hybridized carbons (Fsp3) is 0.625. The number of hydrogen-bond donors (Lipinski definition) is 1. The Labute approximate surface area is 119 Å². The third-order valence-electron chi connectivity index (χ3n) is 4.15. The standard InChI is InChI=1S/C16H23BrO/c1-12-7-9-14(11-15(12)17)16(18)10-8-13-5-3-2-4-6-13/h7,9,11,13,16,18H,2-6,8,10H2,1H3. The molecule has 0 aromatic heterocycles. The molecule has 1 unspecified atom stereocenters. The van der Waals surface area contributed by atoms with Crippen LogP contribution >= 0.6 is 15.9 Å². The monoisotopic (exact) mass is 310 g/mol. The van der Waals surface area contributed by atoms with Gasteiger partial charge in [-0.1, -0.05) is 60.2 Å². The van der Waals surface area contributed by atoms with Crippen molar-refractivity contribution in [2.75, 3.05) is 0 Å². The topological polar surface area (TPSA) is 20.2 Å². The molecule has 0 radical (unpaired) electrons. The lowest BCUT2D eigenvalue weighted by atomic mass is 9.85. The molecule has 1 atom stereocenters. The second-order valence-electron chi connectivity index (χ2n) is 5.61. The summed E-state index contributed by atoms with van der Waals surface area (Å²) in [6.07, 6.45) is 8.68. The minimum Gasteiger partial charge on any atom is -0.388 e. The molecular weight excluding hydrogens is 288 g/mol. The van der Waals surface area contributed by atoms with Gasteiger partial charge in [0.25, 0.3) is 0 Å².